The van der Waals surface area contributed by atoms with Crippen LogP contribution in [0.3, 0.4) is 0 Å². The summed E-state index contributed by atoms with van der Waals surface area (Å²) in [5, 5.41) is 0. The zero-order valence-electron chi connectivity index (χ0n) is 23.5. The molecule has 0 aromatic rings. The van der Waals surface area contributed by atoms with E-state index in [1.807, 2.05) is 11.1 Å². The van der Waals surface area contributed by atoms with Crippen molar-refractivity contribution in [3.05, 3.63) is 23.3 Å². The Morgan fingerprint density at radius 3 is 1.03 bits per heavy atom. The molecule has 0 aromatic heterocycles. The average molecular weight is 479 g/mol. The van der Waals surface area contributed by atoms with Crippen LogP contribution in [0.1, 0.15) is 155 Å². The smallest absolute Gasteiger partial charge is 0.0200 e. The van der Waals surface area contributed by atoms with Crippen molar-refractivity contribution in [2.75, 3.05) is 0 Å². The van der Waals surface area contributed by atoms with Gasteiger partial charge in [-0.05, 0) is 118 Å². The van der Waals surface area contributed by atoms with Gasteiger partial charge in [0, 0.05) is 0 Å². The summed E-state index contributed by atoms with van der Waals surface area (Å²) in [5.41, 5.74) is 3.95. The van der Waals surface area contributed by atoms with Crippen molar-refractivity contribution in [3.63, 3.8) is 0 Å². The third-order valence-corrected chi connectivity index (χ3v) is 11.4. The van der Waals surface area contributed by atoms with Crippen molar-refractivity contribution < 1.29 is 0 Å². The number of hydrogen-bond acceptors (Lipinski definition) is 0. The maximum Gasteiger partial charge on any atom is -0.0200 e. The highest BCUT2D eigenvalue weighted by Crippen LogP contribution is 2.45. The van der Waals surface area contributed by atoms with Gasteiger partial charge in [0.1, 0.15) is 0 Å². The second-order valence-corrected chi connectivity index (χ2v) is 14.0. The molecule has 0 aromatic carbocycles. The lowest BCUT2D eigenvalue weighted by molar-refractivity contribution is 0.278. The van der Waals surface area contributed by atoms with Crippen LogP contribution in [0.4, 0.5) is 0 Å². The Labute approximate surface area is 219 Å². The lowest BCUT2D eigenvalue weighted by atomic mass is 9.69. The van der Waals surface area contributed by atoms with Crippen LogP contribution in [0.25, 0.3) is 0 Å². The third kappa shape index (κ3) is 7.29. The van der Waals surface area contributed by atoms with E-state index in [4.69, 9.17) is 0 Å². The normalized spacial score (nSPS) is 35.1. The third-order valence-electron chi connectivity index (χ3n) is 11.4. The van der Waals surface area contributed by atoms with Crippen molar-refractivity contribution in [3.8, 4) is 0 Å². The number of hydrogen-bond donors (Lipinski definition) is 0. The molecule has 0 radical (unpaired) electrons. The molecule has 0 saturated heterocycles. The van der Waals surface area contributed by atoms with Gasteiger partial charge in [0.25, 0.3) is 0 Å². The van der Waals surface area contributed by atoms with E-state index in [2.05, 4.69) is 19.1 Å². The lowest BCUT2D eigenvalue weighted by Crippen LogP contribution is -2.23. The summed E-state index contributed by atoms with van der Waals surface area (Å²) < 4.78 is 0. The highest BCUT2D eigenvalue weighted by Gasteiger charge is 2.31. The molecule has 0 aliphatic heterocycles. The summed E-state index contributed by atoms with van der Waals surface area (Å²) in [6.45, 7) is 2.49. The van der Waals surface area contributed by atoms with E-state index in [0.717, 1.165) is 41.4 Å². The predicted octanol–water partition coefficient (Wildman–Crippen LogP) is 11.2. The van der Waals surface area contributed by atoms with Gasteiger partial charge in [0.15, 0.2) is 0 Å². The van der Waals surface area contributed by atoms with Crippen molar-refractivity contribution >= 4 is 0 Å². The highest BCUT2D eigenvalue weighted by atomic mass is 14.4. The first kappa shape index (κ1) is 26.1. The van der Waals surface area contributed by atoms with Crippen molar-refractivity contribution in [1.29, 1.82) is 0 Å². The van der Waals surface area contributed by atoms with E-state index >= 15 is 0 Å². The first-order valence-corrected chi connectivity index (χ1v) is 16.7. The van der Waals surface area contributed by atoms with E-state index < -0.39 is 0 Å². The Bertz CT molecular complexity index is 643. The summed E-state index contributed by atoms with van der Waals surface area (Å²) in [6, 6.07) is 0. The first-order chi connectivity index (χ1) is 17.3. The molecule has 0 heterocycles. The summed E-state index contributed by atoms with van der Waals surface area (Å²) >= 11 is 0. The largest absolute Gasteiger partial charge is 0.0817 e. The number of allylic oxidation sites excluding steroid dienone is 4. The minimum absolute atomic E-state index is 0.892. The van der Waals surface area contributed by atoms with Crippen molar-refractivity contribution in [2.45, 2.75) is 155 Å². The second-order valence-electron chi connectivity index (χ2n) is 14.0. The molecule has 0 N–H and O–H groups in total. The molecule has 5 rings (SSSR count). The Hall–Kier alpha value is -0.520. The Balaban J connectivity index is 1.24. The minimum Gasteiger partial charge on any atom is -0.0817 e. The zero-order valence-corrected chi connectivity index (χ0v) is 23.5. The predicted molar refractivity (Wildman–Crippen MR) is 152 cm³/mol. The molecule has 0 amide bonds. The maximum absolute atomic E-state index is 2.92. The average Bonchev–Trinajstić information content (AvgIpc) is 2.93. The standard InChI is InChI=1S/C35H58/c1-27-17-23-33(24-18-27)35(32-15-9-4-10-16-32)26-29-21-19-28(20-22-29)25-34(30-11-5-2-6-12-30)31-13-7-3-8-14-31/h25-33H,2-24H2,1H3. The monoisotopic (exact) mass is 478 g/mol. The fourth-order valence-corrected chi connectivity index (χ4v) is 9.13. The quantitative estimate of drug-likeness (QED) is 0.333. The fraction of sp³-hybridized carbons (Fsp3) is 0.886. The first-order valence-electron chi connectivity index (χ1n) is 16.7. The Morgan fingerprint density at radius 2 is 0.686 bits per heavy atom. The van der Waals surface area contributed by atoms with Crippen LogP contribution >= 0.6 is 0 Å². The van der Waals surface area contributed by atoms with Gasteiger partial charge >= 0.3 is 0 Å². The Morgan fingerprint density at radius 1 is 0.371 bits per heavy atom. The summed E-state index contributed by atoms with van der Waals surface area (Å²) in [5.74, 6) is 6.56. The molecule has 0 unspecified atom stereocenters. The van der Waals surface area contributed by atoms with E-state index in [1.165, 1.54) is 148 Å². The van der Waals surface area contributed by atoms with Gasteiger partial charge in [0.2, 0.25) is 0 Å². The molecule has 35 heavy (non-hydrogen) atoms. The van der Waals surface area contributed by atoms with E-state index in [9.17, 15) is 0 Å². The van der Waals surface area contributed by atoms with Gasteiger partial charge in [-0.2, -0.15) is 0 Å². The van der Waals surface area contributed by atoms with E-state index in [-0.39, 0.29) is 0 Å². The van der Waals surface area contributed by atoms with Gasteiger partial charge < -0.3 is 0 Å². The zero-order chi connectivity index (χ0) is 23.9. The van der Waals surface area contributed by atoms with Crippen LogP contribution in [0.15, 0.2) is 23.3 Å². The van der Waals surface area contributed by atoms with Gasteiger partial charge in [-0.1, -0.05) is 101 Å². The summed E-state index contributed by atoms with van der Waals surface area (Å²) in [4.78, 5) is 0. The van der Waals surface area contributed by atoms with Crippen molar-refractivity contribution in [1.82, 2.24) is 0 Å². The van der Waals surface area contributed by atoms with Crippen LogP contribution in [0.2, 0.25) is 0 Å². The second kappa shape index (κ2) is 13.3. The van der Waals surface area contributed by atoms with Crippen LogP contribution in [-0.4, -0.2) is 0 Å². The van der Waals surface area contributed by atoms with Crippen molar-refractivity contribution in [2.24, 2.45) is 41.4 Å². The molecule has 0 spiro atoms. The molecular weight excluding hydrogens is 420 g/mol. The lowest BCUT2D eigenvalue weighted by Gasteiger charge is -2.36. The molecule has 0 atom stereocenters. The van der Waals surface area contributed by atoms with Crippen LogP contribution in [0.5, 0.6) is 0 Å². The molecule has 5 aliphatic rings. The molecule has 5 fully saturated rings. The van der Waals surface area contributed by atoms with Gasteiger partial charge in [-0.3, -0.25) is 0 Å². The minimum atomic E-state index is 0.892. The van der Waals surface area contributed by atoms with Gasteiger partial charge in [-0.15, -0.1) is 0 Å². The molecular formula is C35H58. The van der Waals surface area contributed by atoms with Crippen LogP contribution in [-0.2, 0) is 0 Å². The van der Waals surface area contributed by atoms with Gasteiger partial charge in [-0.25, -0.2) is 0 Å². The Kier molecular flexibility index (Phi) is 9.94. The SMILES string of the molecule is CC1CCC(C(=CC2CCC(C=C(C3CCCCC3)C3CCCCC3)CC2)C2CCCCC2)CC1. The van der Waals surface area contributed by atoms with E-state index in [1.54, 1.807) is 0 Å². The summed E-state index contributed by atoms with van der Waals surface area (Å²) in [6.07, 6.45) is 40.2. The molecule has 198 valence electrons. The van der Waals surface area contributed by atoms with Crippen LogP contribution in [0, 0.1) is 41.4 Å². The van der Waals surface area contributed by atoms with Crippen LogP contribution < -0.4 is 0 Å². The molecule has 0 nitrogen and oxygen atoms in total. The van der Waals surface area contributed by atoms with Gasteiger partial charge in [0.05, 0.1) is 0 Å². The molecule has 5 aliphatic carbocycles. The molecule has 0 bridgehead atoms. The molecule has 0 heteroatoms. The fourth-order valence-electron chi connectivity index (χ4n) is 9.13. The molecule has 5 saturated carbocycles. The topological polar surface area (TPSA) is 0 Å². The highest BCUT2D eigenvalue weighted by molar-refractivity contribution is 5.17. The van der Waals surface area contributed by atoms with E-state index in [0.29, 0.717) is 0 Å². The maximum atomic E-state index is 2.92. The summed E-state index contributed by atoms with van der Waals surface area (Å²) in [7, 11) is 0. The number of rotatable bonds is 6.